The minimum Gasteiger partial charge on any atom is -0.326 e. The van der Waals surface area contributed by atoms with Crippen LogP contribution < -0.4 is 5.73 Å². The van der Waals surface area contributed by atoms with E-state index in [1.54, 1.807) is 36.4 Å². The summed E-state index contributed by atoms with van der Waals surface area (Å²) in [4.78, 5) is 3.89. The average molecular weight is 342 g/mol. The maximum Gasteiger partial charge on any atom is 0.433 e. The van der Waals surface area contributed by atoms with Gasteiger partial charge in [-0.25, -0.2) is 4.98 Å². The normalized spacial score (nSPS) is 11.6. The van der Waals surface area contributed by atoms with Gasteiger partial charge in [-0.15, -0.1) is 0 Å². The van der Waals surface area contributed by atoms with Gasteiger partial charge in [-0.05, 0) is 29.7 Å². The Bertz CT molecular complexity index is 887. The fraction of sp³-hybridized carbons (Fsp3) is 0.150. The molecule has 0 spiro atoms. The number of rotatable bonds is 3. The number of hydrogen-bond acceptors (Lipinski definition) is 2. The van der Waals surface area contributed by atoms with E-state index >= 15 is 0 Å². The zero-order chi connectivity index (χ0) is 18.0. The van der Waals surface area contributed by atoms with Gasteiger partial charge in [-0.1, -0.05) is 60.2 Å². The molecule has 2 aromatic carbocycles. The first-order chi connectivity index (χ1) is 11.9. The van der Waals surface area contributed by atoms with Crippen LogP contribution in [0.3, 0.4) is 0 Å². The van der Waals surface area contributed by atoms with Gasteiger partial charge in [-0.2, -0.15) is 13.2 Å². The summed E-state index contributed by atoms with van der Waals surface area (Å²) in [5, 5.41) is 0. The first-order valence-corrected chi connectivity index (χ1v) is 7.84. The van der Waals surface area contributed by atoms with Gasteiger partial charge in [0.25, 0.3) is 0 Å². The molecule has 0 aliphatic heterocycles. The SMILES string of the molecule is Cc1cccc(-c2cc(C(F)(F)F)nc(-c3ccccc3)c2CN)c1. The van der Waals surface area contributed by atoms with Crippen molar-refractivity contribution in [3.05, 3.63) is 77.5 Å². The van der Waals surface area contributed by atoms with Crippen molar-refractivity contribution in [3.63, 3.8) is 0 Å². The molecular formula is C20H17F3N2. The molecule has 0 aliphatic rings. The second kappa shape index (κ2) is 6.69. The minimum atomic E-state index is -4.53. The number of aryl methyl sites for hydroxylation is 1. The lowest BCUT2D eigenvalue weighted by molar-refractivity contribution is -0.141. The third kappa shape index (κ3) is 3.56. The van der Waals surface area contributed by atoms with Crippen molar-refractivity contribution in [3.8, 4) is 22.4 Å². The molecule has 1 heterocycles. The number of alkyl halides is 3. The van der Waals surface area contributed by atoms with Crippen LogP contribution in [0.2, 0.25) is 0 Å². The van der Waals surface area contributed by atoms with Gasteiger partial charge in [0.1, 0.15) is 5.69 Å². The molecule has 1 aromatic heterocycles. The lowest BCUT2D eigenvalue weighted by Crippen LogP contribution is -2.12. The van der Waals surface area contributed by atoms with Crippen LogP contribution in [0, 0.1) is 6.92 Å². The summed E-state index contributed by atoms with van der Waals surface area (Å²) < 4.78 is 40.2. The molecule has 0 radical (unpaired) electrons. The predicted octanol–water partition coefficient (Wildman–Crippen LogP) is 5.20. The van der Waals surface area contributed by atoms with Crippen LogP contribution in [0.4, 0.5) is 13.2 Å². The molecule has 0 fully saturated rings. The molecular weight excluding hydrogens is 325 g/mol. The number of hydrogen-bond donors (Lipinski definition) is 1. The van der Waals surface area contributed by atoms with E-state index in [-0.39, 0.29) is 12.2 Å². The van der Waals surface area contributed by atoms with Gasteiger partial charge in [-0.3, -0.25) is 0 Å². The molecule has 128 valence electrons. The molecule has 0 aliphatic carbocycles. The molecule has 0 saturated heterocycles. The Balaban J connectivity index is 2.33. The lowest BCUT2D eigenvalue weighted by Gasteiger charge is -2.17. The molecule has 2 N–H and O–H groups in total. The maximum absolute atomic E-state index is 13.4. The summed E-state index contributed by atoms with van der Waals surface area (Å²) in [6.07, 6.45) is -4.53. The Hall–Kier alpha value is -2.66. The zero-order valence-corrected chi connectivity index (χ0v) is 13.6. The first kappa shape index (κ1) is 17.2. The third-order valence-corrected chi connectivity index (χ3v) is 4.00. The van der Waals surface area contributed by atoms with Crippen molar-refractivity contribution in [2.24, 2.45) is 5.73 Å². The summed E-state index contributed by atoms with van der Waals surface area (Å²) >= 11 is 0. The smallest absolute Gasteiger partial charge is 0.326 e. The average Bonchev–Trinajstić information content (AvgIpc) is 2.60. The number of benzene rings is 2. The van der Waals surface area contributed by atoms with Crippen LogP contribution in [0.25, 0.3) is 22.4 Å². The zero-order valence-electron chi connectivity index (χ0n) is 13.6. The van der Waals surface area contributed by atoms with Gasteiger partial charge in [0.15, 0.2) is 0 Å². The Labute approximate surface area is 144 Å². The highest BCUT2D eigenvalue weighted by atomic mass is 19.4. The fourth-order valence-electron chi connectivity index (χ4n) is 2.83. The Kier molecular flexibility index (Phi) is 4.59. The van der Waals surface area contributed by atoms with Gasteiger partial charge in [0, 0.05) is 12.1 Å². The van der Waals surface area contributed by atoms with Gasteiger partial charge >= 0.3 is 6.18 Å². The van der Waals surface area contributed by atoms with Crippen LogP contribution in [0.5, 0.6) is 0 Å². The highest BCUT2D eigenvalue weighted by molar-refractivity contribution is 5.77. The number of pyridine rings is 1. The van der Waals surface area contributed by atoms with Crippen LogP contribution in [0.15, 0.2) is 60.7 Å². The largest absolute Gasteiger partial charge is 0.433 e. The van der Waals surface area contributed by atoms with Crippen molar-refractivity contribution < 1.29 is 13.2 Å². The van der Waals surface area contributed by atoms with E-state index in [1.165, 1.54) is 0 Å². The van der Waals surface area contributed by atoms with E-state index in [9.17, 15) is 13.2 Å². The summed E-state index contributed by atoms with van der Waals surface area (Å²) in [5.74, 6) is 0. The first-order valence-electron chi connectivity index (χ1n) is 7.84. The van der Waals surface area contributed by atoms with Crippen molar-refractivity contribution in [2.45, 2.75) is 19.6 Å². The molecule has 0 saturated carbocycles. The Morgan fingerprint density at radius 1 is 0.920 bits per heavy atom. The van der Waals surface area contributed by atoms with E-state index < -0.39 is 11.9 Å². The predicted molar refractivity (Wildman–Crippen MR) is 92.7 cm³/mol. The van der Waals surface area contributed by atoms with E-state index in [2.05, 4.69) is 4.98 Å². The number of nitrogens with two attached hydrogens (primary N) is 1. The van der Waals surface area contributed by atoms with Crippen molar-refractivity contribution in [1.82, 2.24) is 4.98 Å². The van der Waals surface area contributed by atoms with Crippen LogP contribution in [0.1, 0.15) is 16.8 Å². The Morgan fingerprint density at radius 3 is 2.20 bits per heavy atom. The van der Waals surface area contributed by atoms with Crippen LogP contribution in [-0.2, 0) is 12.7 Å². The maximum atomic E-state index is 13.4. The van der Waals surface area contributed by atoms with Crippen LogP contribution >= 0.6 is 0 Å². The lowest BCUT2D eigenvalue weighted by atomic mass is 9.94. The second-order valence-corrected chi connectivity index (χ2v) is 5.82. The van der Waals surface area contributed by atoms with E-state index in [0.29, 0.717) is 22.3 Å². The molecule has 0 atom stereocenters. The second-order valence-electron chi connectivity index (χ2n) is 5.82. The summed E-state index contributed by atoms with van der Waals surface area (Å²) in [6, 6.07) is 17.3. The van der Waals surface area contributed by atoms with Crippen molar-refractivity contribution in [1.29, 1.82) is 0 Å². The van der Waals surface area contributed by atoms with Crippen molar-refractivity contribution >= 4 is 0 Å². The number of nitrogens with zero attached hydrogens (tertiary/aromatic N) is 1. The molecule has 3 aromatic rings. The monoisotopic (exact) mass is 342 g/mol. The van der Waals surface area contributed by atoms with Crippen molar-refractivity contribution in [2.75, 3.05) is 0 Å². The molecule has 0 bridgehead atoms. The summed E-state index contributed by atoms with van der Waals surface area (Å²) in [5.41, 5.74) is 8.60. The van der Waals surface area contributed by atoms with Gasteiger partial charge < -0.3 is 5.73 Å². The molecule has 0 unspecified atom stereocenters. The van der Waals surface area contributed by atoms with Gasteiger partial charge in [0.05, 0.1) is 5.69 Å². The topological polar surface area (TPSA) is 38.9 Å². The third-order valence-electron chi connectivity index (χ3n) is 4.00. The summed E-state index contributed by atoms with van der Waals surface area (Å²) in [7, 11) is 0. The highest BCUT2D eigenvalue weighted by Crippen LogP contribution is 2.37. The molecule has 5 heteroatoms. The van der Waals surface area contributed by atoms with Crippen LogP contribution in [-0.4, -0.2) is 4.98 Å². The summed E-state index contributed by atoms with van der Waals surface area (Å²) in [6.45, 7) is 1.99. The highest BCUT2D eigenvalue weighted by Gasteiger charge is 2.34. The Morgan fingerprint density at radius 2 is 1.60 bits per heavy atom. The molecule has 0 amide bonds. The quantitative estimate of drug-likeness (QED) is 0.710. The minimum absolute atomic E-state index is 0.0959. The van der Waals surface area contributed by atoms with Gasteiger partial charge in [0.2, 0.25) is 0 Å². The molecule has 2 nitrogen and oxygen atoms in total. The van der Waals surface area contributed by atoms with E-state index in [1.807, 2.05) is 25.1 Å². The number of halogens is 3. The van der Waals surface area contributed by atoms with E-state index in [0.717, 1.165) is 11.6 Å². The molecule has 3 rings (SSSR count). The van der Waals surface area contributed by atoms with E-state index in [4.69, 9.17) is 5.73 Å². The standard InChI is InChI=1S/C20H17F3N2/c1-13-6-5-9-15(10-13)16-11-18(20(21,22)23)25-19(17(16)12-24)14-7-3-2-4-8-14/h2-11H,12,24H2,1H3. The fourth-order valence-corrected chi connectivity index (χ4v) is 2.83. The molecule has 25 heavy (non-hydrogen) atoms. The number of aromatic nitrogens is 1.